The van der Waals surface area contributed by atoms with Crippen LogP contribution in [-0.4, -0.2) is 13.1 Å². The van der Waals surface area contributed by atoms with Crippen LogP contribution in [0.3, 0.4) is 0 Å². The van der Waals surface area contributed by atoms with E-state index in [0.717, 1.165) is 12.1 Å². The lowest BCUT2D eigenvalue weighted by Crippen LogP contribution is -2.02. The molecular weight excluding hydrogens is 178 g/mol. The van der Waals surface area contributed by atoms with E-state index in [4.69, 9.17) is 0 Å². The number of carbonyl (C=O) groups is 1. The maximum Gasteiger partial charge on any atom is 0.337 e. The second-order valence-electron chi connectivity index (χ2n) is 2.47. The third kappa shape index (κ3) is 2.24. The minimum Gasteiger partial charge on any atom is -0.465 e. The lowest BCUT2D eigenvalue weighted by molar-refractivity contribution is 0.0600. The number of esters is 1. The van der Waals surface area contributed by atoms with Crippen molar-refractivity contribution in [3.05, 3.63) is 35.1 Å². The maximum atomic E-state index is 12.7. The molecule has 13 heavy (non-hydrogen) atoms. The summed E-state index contributed by atoms with van der Waals surface area (Å²) in [6.45, 7) is -0.804. The number of benzene rings is 1. The molecule has 0 saturated heterocycles. The first-order valence-electron chi connectivity index (χ1n) is 3.61. The fourth-order valence-corrected chi connectivity index (χ4v) is 0.963. The molecule has 0 aliphatic rings. The first-order chi connectivity index (χ1) is 6.17. The van der Waals surface area contributed by atoms with Crippen molar-refractivity contribution in [1.29, 1.82) is 0 Å². The molecule has 2 nitrogen and oxygen atoms in total. The van der Waals surface area contributed by atoms with Gasteiger partial charge in [-0.15, -0.1) is 0 Å². The molecule has 0 heterocycles. The fraction of sp³-hybridized carbons (Fsp3) is 0.222. The fourth-order valence-electron chi connectivity index (χ4n) is 0.963. The summed E-state index contributed by atoms with van der Waals surface area (Å²) in [7, 11) is 1.18. The molecule has 0 bridgehead atoms. The predicted octanol–water partition coefficient (Wildman–Crippen LogP) is 2.08. The van der Waals surface area contributed by atoms with Crippen molar-refractivity contribution in [3.8, 4) is 0 Å². The second kappa shape index (κ2) is 3.98. The van der Waals surface area contributed by atoms with Crippen molar-refractivity contribution in [1.82, 2.24) is 0 Å². The highest BCUT2D eigenvalue weighted by molar-refractivity contribution is 5.89. The van der Waals surface area contributed by atoms with E-state index in [-0.39, 0.29) is 11.1 Å². The standard InChI is InChI=1S/C9H8F2O2/c1-13-9(12)7-2-6(5-10)3-8(11)4-7/h2-4H,5H2,1H3. The number of hydrogen-bond donors (Lipinski definition) is 0. The van der Waals surface area contributed by atoms with Crippen molar-refractivity contribution in [2.75, 3.05) is 7.11 Å². The molecule has 0 unspecified atom stereocenters. The summed E-state index contributed by atoms with van der Waals surface area (Å²) < 4.78 is 29.2. The summed E-state index contributed by atoms with van der Waals surface area (Å²) in [4.78, 5) is 10.9. The van der Waals surface area contributed by atoms with Crippen LogP contribution in [0.4, 0.5) is 8.78 Å². The summed E-state index contributed by atoms with van der Waals surface area (Å²) >= 11 is 0. The van der Waals surface area contributed by atoms with Gasteiger partial charge >= 0.3 is 5.97 Å². The molecule has 0 aliphatic heterocycles. The van der Waals surface area contributed by atoms with Gasteiger partial charge in [0.15, 0.2) is 0 Å². The SMILES string of the molecule is COC(=O)c1cc(F)cc(CF)c1. The Morgan fingerprint density at radius 1 is 1.46 bits per heavy atom. The average molecular weight is 186 g/mol. The normalized spacial score (nSPS) is 9.77. The highest BCUT2D eigenvalue weighted by Gasteiger charge is 2.08. The van der Waals surface area contributed by atoms with Gasteiger partial charge in [-0.1, -0.05) is 0 Å². The molecule has 1 rings (SSSR count). The number of hydrogen-bond acceptors (Lipinski definition) is 2. The number of methoxy groups -OCH3 is 1. The predicted molar refractivity (Wildman–Crippen MR) is 42.6 cm³/mol. The Labute approximate surface area is 74.1 Å². The quantitative estimate of drug-likeness (QED) is 0.661. The molecule has 70 valence electrons. The molecule has 0 amide bonds. The van der Waals surface area contributed by atoms with Gasteiger partial charge in [0.25, 0.3) is 0 Å². The Bertz CT molecular complexity index is 323. The van der Waals surface area contributed by atoms with Crippen LogP contribution >= 0.6 is 0 Å². The molecule has 0 aromatic heterocycles. The Balaban J connectivity index is 3.08. The van der Waals surface area contributed by atoms with Crippen LogP contribution in [0.25, 0.3) is 0 Å². The molecule has 0 N–H and O–H groups in total. The molecule has 1 aromatic carbocycles. The van der Waals surface area contributed by atoms with E-state index >= 15 is 0 Å². The summed E-state index contributed by atoms with van der Waals surface area (Å²) in [6, 6.07) is 3.30. The maximum absolute atomic E-state index is 12.7. The summed E-state index contributed by atoms with van der Waals surface area (Å²) in [5.74, 6) is -1.32. The Kier molecular flexibility index (Phi) is 2.95. The summed E-state index contributed by atoms with van der Waals surface area (Å²) in [5, 5.41) is 0. The molecular formula is C9H8F2O2. The Morgan fingerprint density at radius 2 is 2.15 bits per heavy atom. The highest BCUT2D eigenvalue weighted by atomic mass is 19.1. The molecule has 0 aliphatic carbocycles. The summed E-state index contributed by atoms with van der Waals surface area (Å²) in [6.07, 6.45) is 0. The first-order valence-corrected chi connectivity index (χ1v) is 3.61. The second-order valence-corrected chi connectivity index (χ2v) is 2.47. The third-order valence-electron chi connectivity index (χ3n) is 1.53. The molecule has 4 heteroatoms. The number of carbonyl (C=O) groups excluding carboxylic acids is 1. The lowest BCUT2D eigenvalue weighted by Gasteiger charge is -2.01. The largest absolute Gasteiger partial charge is 0.465 e. The van der Waals surface area contributed by atoms with Gasteiger partial charge in [0, 0.05) is 0 Å². The lowest BCUT2D eigenvalue weighted by atomic mass is 10.1. The molecule has 0 spiro atoms. The van der Waals surface area contributed by atoms with E-state index in [1.165, 1.54) is 13.2 Å². The van der Waals surface area contributed by atoms with Gasteiger partial charge in [0.05, 0.1) is 12.7 Å². The van der Waals surface area contributed by atoms with E-state index in [9.17, 15) is 13.6 Å². The van der Waals surface area contributed by atoms with Crippen LogP contribution in [0.1, 0.15) is 15.9 Å². The van der Waals surface area contributed by atoms with Crippen LogP contribution in [-0.2, 0) is 11.4 Å². The van der Waals surface area contributed by atoms with Gasteiger partial charge in [-0.3, -0.25) is 0 Å². The van der Waals surface area contributed by atoms with Crippen molar-refractivity contribution in [2.24, 2.45) is 0 Å². The van der Waals surface area contributed by atoms with Crippen LogP contribution in [0.5, 0.6) is 0 Å². The number of alkyl halides is 1. The van der Waals surface area contributed by atoms with Crippen LogP contribution < -0.4 is 0 Å². The molecule has 0 atom stereocenters. The minimum atomic E-state index is -0.804. The summed E-state index contributed by atoms with van der Waals surface area (Å²) in [5.41, 5.74) is 0.149. The van der Waals surface area contributed by atoms with Gasteiger partial charge in [-0.2, -0.15) is 0 Å². The Morgan fingerprint density at radius 3 is 2.69 bits per heavy atom. The zero-order chi connectivity index (χ0) is 9.84. The van der Waals surface area contributed by atoms with Crippen molar-refractivity contribution in [3.63, 3.8) is 0 Å². The van der Waals surface area contributed by atoms with Gasteiger partial charge < -0.3 is 4.74 Å². The average Bonchev–Trinajstić information content (AvgIpc) is 2.15. The smallest absolute Gasteiger partial charge is 0.337 e. The van der Waals surface area contributed by atoms with Crippen molar-refractivity contribution in [2.45, 2.75) is 6.67 Å². The molecule has 0 fully saturated rings. The number of ether oxygens (including phenoxy) is 1. The molecule has 1 aromatic rings. The van der Waals surface area contributed by atoms with E-state index in [1.807, 2.05) is 0 Å². The number of halogens is 2. The van der Waals surface area contributed by atoms with Crippen LogP contribution in [0.15, 0.2) is 18.2 Å². The minimum absolute atomic E-state index is 0.0233. The Hall–Kier alpha value is -1.45. The van der Waals surface area contributed by atoms with E-state index in [1.54, 1.807) is 0 Å². The zero-order valence-corrected chi connectivity index (χ0v) is 7.01. The first kappa shape index (κ1) is 9.64. The van der Waals surface area contributed by atoms with Gasteiger partial charge in [-0.05, 0) is 23.8 Å². The van der Waals surface area contributed by atoms with E-state index in [0.29, 0.717) is 0 Å². The molecule has 0 saturated carbocycles. The van der Waals surface area contributed by atoms with Gasteiger partial charge in [0.2, 0.25) is 0 Å². The van der Waals surface area contributed by atoms with Gasteiger partial charge in [-0.25, -0.2) is 13.6 Å². The van der Waals surface area contributed by atoms with Crippen LogP contribution in [0, 0.1) is 5.82 Å². The van der Waals surface area contributed by atoms with Gasteiger partial charge in [0.1, 0.15) is 12.5 Å². The molecule has 0 radical (unpaired) electrons. The number of rotatable bonds is 2. The third-order valence-corrected chi connectivity index (χ3v) is 1.53. The monoisotopic (exact) mass is 186 g/mol. The van der Waals surface area contributed by atoms with E-state index < -0.39 is 18.5 Å². The van der Waals surface area contributed by atoms with Crippen LogP contribution in [0.2, 0.25) is 0 Å². The van der Waals surface area contributed by atoms with Crippen molar-refractivity contribution >= 4 is 5.97 Å². The topological polar surface area (TPSA) is 26.3 Å². The van der Waals surface area contributed by atoms with Crippen molar-refractivity contribution < 1.29 is 18.3 Å². The zero-order valence-electron chi connectivity index (χ0n) is 7.01. The highest BCUT2D eigenvalue weighted by Crippen LogP contribution is 2.11. The van der Waals surface area contributed by atoms with E-state index in [2.05, 4.69) is 4.74 Å².